The minimum absolute atomic E-state index is 0.401. The van der Waals surface area contributed by atoms with Crippen LogP contribution in [0.4, 0.5) is 13.2 Å². The smallest absolute Gasteiger partial charge is 0.386 e. The first-order valence-electron chi connectivity index (χ1n) is 7.11. The molecular formula is C15H20F3NO2. The van der Waals surface area contributed by atoms with Crippen LogP contribution in [0.5, 0.6) is 0 Å². The highest BCUT2D eigenvalue weighted by atomic mass is 19.4. The van der Waals surface area contributed by atoms with Gasteiger partial charge >= 0.3 is 6.18 Å². The van der Waals surface area contributed by atoms with E-state index in [-0.39, 0.29) is 0 Å². The molecule has 1 aliphatic heterocycles. The van der Waals surface area contributed by atoms with Crippen molar-refractivity contribution < 1.29 is 23.0 Å². The summed E-state index contributed by atoms with van der Waals surface area (Å²) in [6.45, 7) is 4.96. The number of ether oxygens (including phenoxy) is 1. The molecule has 2 atom stereocenters. The fourth-order valence-electron chi connectivity index (χ4n) is 2.53. The van der Waals surface area contributed by atoms with Gasteiger partial charge in [-0.3, -0.25) is 4.90 Å². The molecule has 1 saturated heterocycles. The van der Waals surface area contributed by atoms with Gasteiger partial charge in [-0.1, -0.05) is 19.1 Å². The second kappa shape index (κ2) is 6.77. The second-order valence-electron chi connectivity index (χ2n) is 5.27. The Morgan fingerprint density at radius 2 is 2.00 bits per heavy atom. The molecule has 1 aromatic rings. The number of aliphatic hydroxyl groups is 1. The minimum atomic E-state index is -4.36. The van der Waals surface area contributed by atoms with E-state index >= 15 is 0 Å². The number of nitrogens with zero attached hydrogens (tertiary/aromatic N) is 1. The maximum absolute atomic E-state index is 12.5. The molecule has 0 spiro atoms. The molecule has 1 N–H and O–H groups in total. The molecule has 1 aliphatic rings. The van der Waals surface area contributed by atoms with Crippen molar-refractivity contribution in [3.8, 4) is 0 Å². The number of alkyl halides is 3. The number of halogens is 3. The van der Waals surface area contributed by atoms with Crippen LogP contribution in [-0.2, 0) is 10.9 Å². The van der Waals surface area contributed by atoms with E-state index in [1.165, 1.54) is 12.1 Å². The van der Waals surface area contributed by atoms with E-state index in [2.05, 4.69) is 11.8 Å². The molecule has 0 bridgehead atoms. The first-order chi connectivity index (χ1) is 9.91. The third-order valence-corrected chi connectivity index (χ3v) is 3.65. The lowest BCUT2D eigenvalue weighted by molar-refractivity contribution is -0.137. The van der Waals surface area contributed by atoms with Crippen LogP contribution in [0.25, 0.3) is 0 Å². The Kier molecular flexibility index (Phi) is 5.24. The van der Waals surface area contributed by atoms with Gasteiger partial charge in [-0.15, -0.1) is 0 Å². The van der Waals surface area contributed by atoms with Gasteiger partial charge in [-0.2, -0.15) is 13.2 Å². The lowest BCUT2D eigenvalue weighted by Gasteiger charge is -2.35. The second-order valence-corrected chi connectivity index (χ2v) is 5.27. The average Bonchev–Trinajstić information content (AvgIpc) is 2.46. The Morgan fingerprint density at radius 1 is 1.33 bits per heavy atom. The molecule has 0 aromatic heterocycles. The molecule has 2 unspecified atom stereocenters. The Bertz CT molecular complexity index is 445. The summed E-state index contributed by atoms with van der Waals surface area (Å²) < 4.78 is 43.1. The van der Waals surface area contributed by atoms with Crippen LogP contribution in [0, 0.1) is 0 Å². The predicted molar refractivity (Wildman–Crippen MR) is 72.9 cm³/mol. The maximum atomic E-state index is 12.5. The summed E-state index contributed by atoms with van der Waals surface area (Å²) in [6, 6.07) is 4.61. The minimum Gasteiger partial charge on any atom is -0.386 e. The lowest BCUT2D eigenvalue weighted by Crippen LogP contribution is -2.45. The van der Waals surface area contributed by atoms with E-state index in [1.54, 1.807) is 0 Å². The molecule has 1 aromatic carbocycles. The highest BCUT2D eigenvalue weighted by Crippen LogP contribution is 2.31. The molecule has 1 heterocycles. The lowest BCUT2D eigenvalue weighted by atomic mass is 10.0. The molecule has 118 valence electrons. The van der Waals surface area contributed by atoms with Crippen molar-refractivity contribution in [2.45, 2.75) is 31.7 Å². The Hall–Kier alpha value is -1.11. The molecule has 2 rings (SSSR count). The molecule has 0 amide bonds. The standard InChI is InChI=1S/C15H20F3NO2/c1-2-7-19-8-9-21-13(10-19)14(20)11-3-5-12(6-4-11)15(16,17)18/h3-6,13-14,20H,2,7-10H2,1H3. The monoisotopic (exact) mass is 303 g/mol. The van der Waals surface area contributed by atoms with Crippen molar-refractivity contribution in [1.82, 2.24) is 4.90 Å². The number of hydrogen-bond donors (Lipinski definition) is 1. The van der Waals surface area contributed by atoms with Crippen LogP contribution in [0.2, 0.25) is 0 Å². The third-order valence-electron chi connectivity index (χ3n) is 3.65. The molecule has 0 radical (unpaired) electrons. The van der Waals surface area contributed by atoms with E-state index in [9.17, 15) is 18.3 Å². The van der Waals surface area contributed by atoms with E-state index < -0.39 is 23.9 Å². The molecule has 3 nitrogen and oxygen atoms in total. The zero-order valence-corrected chi connectivity index (χ0v) is 11.9. The van der Waals surface area contributed by atoms with E-state index in [1.807, 2.05) is 0 Å². The molecule has 0 saturated carbocycles. The number of hydrogen-bond acceptors (Lipinski definition) is 3. The van der Waals surface area contributed by atoms with Gasteiger partial charge in [0.2, 0.25) is 0 Å². The van der Waals surface area contributed by atoms with Gasteiger partial charge in [0.05, 0.1) is 12.2 Å². The quantitative estimate of drug-likeness (QED) is 0.928. The van der Waals surface area contributed by atoms with Crippen molar-refractivity contribution >= 4 is 0 Å². The average molecular weight is 303 g/mol. The van der Waals surface area contributed by atoms with Crippen molar-refractivity contribution in [1.29, 1.82) is 0 Å². The van der Waals surface area contributed by atoms with Gasteiger partial charge in [0.15, 0.2) is 0 Å². The summed E-state index contributed by atoms with van der Waals surface area (Å²) >= 11 is 0. The van der Waals surface area contributed by atoms with Crippen LogP contribution in [0.1, 0.15) is 30.6 Å². The summed E-state index contributed by atoms with van der Waals surface area (Å²) in [6.07, 6.45) is -4.65. The first kappa shape index (κ1) is 16.3. The summed E-state index contributed by atoms with van der Waals surface area (Å²) in [5, 5.41) is 10.3. The van der Waals surface area contributed by atoms with Crippen LogP contribution in [-0.4, -0.2) is 42.4 Å². The molecule has 1 fully saturated rings. The summed E-state index contributed by atoms with van der Waals surface area (Å²) in [5.41, 5.74) is -0.262. The molecule has 0 aliphatic carbocycles. The van der Waals surface area contributed by atoms with E-state index in [0.29, 0.717) is 18.7 Å². The van der Waals surface area contributed by atoms with Gasteiger partial charge in [-0.05, 0) is 30.7 Å². The Morgan fingerprint density at radius 3 is 2.57 bits per heavy atom. The van der Waals surface area contributed by atoms with Gasteiger partial charge in [0, 0.05) is 13.1 Å². The van der Waals surface area contributed by atoms with Gasteiger partial charge in [-0.25, -0.2) is 0 Å². The molecular weight excluding hydrogens is 283 g/mol. The summed E-state index contributed by atoms with van der Waals surface area (Å²) in [5.74, 6) is 0. The van der Waals surface area contributed by atoms with Crippen LogP contribution < -0.4 is 0 Å². The van der Waals surface area contributed by atoms with Crippen LogP contribution >= 0.6 is 0 Å². The number of morpholine rings is 1. The summed E-state index contributed by atoms with van der Waals surface area (Å²) in [4.78, 5) is 2.20. The van der Waals surface area contributed by atoms with Crippen LogP contribution in [0.3, 0.4) is 0 Å². The fourth-order valence-corrected chi connectivity index (χ4v) is 2.53. The normalized spacial score (nSPS) is 22.2. The zero-order chi connectivity index (χ0) is 15.5. The third kappa shape index (κ3) is 4.18. The van der Waals surface area contributed by atoms with Crippen LogP contribution in [0.15, 0.2) is 24.3 Å². The van der Waals surface area contributed by atoms with Crippen molar-refractivity contribution in [2.24, 2.45) is 0 Å². The summed E-state index contributed by atoms with van der Waals surface area (Å²) in [7, 11) is 0. The highest BCUT2D eigenvalue weighted by molar-refractivity contribution is 5.26. The Labute approximate surface area is 122 Å². The Balaban J connectivity index is 2.03. The maximum Gasteiger partial charge on any atom is 0.416 e. The van der Waals surface area contributed by atoms with Gasteiger partial charge < -0.3 is 9.84 Å². The van der Waals surface area contributed by atoms with Gasteiger partial charge in [0.25, 0.3) is 0 Å². The highest BCUT2D eigenvalue weighted by Gasteiger charge is 2.31. The van der Waals surface area contributed by atoms with Crippen molar-refractivity contribution in [2.75, 3.05) is 26.2 Å². The number of aliphatic hydroxyl groups excluding tert-OH is 1. The van der Waals surface area contributed by atoms with E-state index in [0.717, 1.165) is 31.6 Å². The topological polar surface area (TPSA) is 32.7 Å². The first-order valence-corrected chi connectivity index (χ1v) is 7.11. The fraction of sp³-hybridized carbons (Fsp3) is 0.600. The largest absolute Gasteiger partial charge is 0.416 e. The van der Waals surface area contributed by atoms with Gasteiger partial charge in [0.1, 0.15) is 12.2 Å². The predicted octanol–water partition coefficient (Wildman–Crippen LogP) is 2.85. The molecule has 6 heteroatoms. The van der Waals surface area contributed by atoms with Crippen molar-refractivity contribution in [3.63, 3.8) is 0 Å². The number of benzene rings is 1. The zero-order valence-electron chi connectivity index (χ0n) is 11.9. The van der Waals surface area contributed by atoms with E-state index in [4.69, 9.17) is 4.74 Å². The SMILES string of the molecule is CCCN1CCOC(C(O)c2ccc(C(F)(F)F)cc2)C1. The molecule has 21 heavy (non-hydrogen) atoms. The number of rotatable bonds is 4. The van der Waals surface area contributed by atoms with Crippen molar-refractivity contribution in [3.05, 3.63) is 35.4 Å².